The summed E-state index contributed by atoms with van der Waals surface area (Å²) < 4.78 is 32.2. The van der Waals surface area contributed by atoms with E-state index in [2.05, 4.69) is 5.32 Å². The van der Waals surface area contributed by atoms with Crippen LogP contribution in [0.25, 0.3) is 0 Å². The van der Waals surface area contributed by atoms with E-state index in [4.69, 9.17) is 4.74 Å². The first-order valence-electron chi connectivity index (χ1n) is 8.39. The molecule has 1 atom stereocenters. The maximum absolute atomic E-state index is 12.7. The lowest BCUT2D eigenvalue weighted by atomic mass is 10.1. The molecular formula is C17H28N2O4S. The number of hydrogen-bond acceptors (Lipinski definition) is 4. The van der Waals surface area contributed by atoms with Crippen LogP contribution in [0.3, 0.4) is 0 Å². The zero-order valence-electron chi connectivity index (χ0n) is 15.1. The Hall–Kier alpha value is -1.60. The second kappa shape index (κ2) is 9.03. The number of rotatable bonds is 9. The van der Waals surface area contributed by atoms with Crippen LogP contribution < -0.4 is 10.1 Å². The molecule has 0 saturated carbocycles. The van der Waals surface area contributed by atoms with Crippen molar-refractivity contribution in [2.75, 3.05) is 25.0 Å². The van der Waals surface area contributed by atoms with Crippen molar-refractivity contribution in [2.24, 2.45) is 5.92 Å². The first-order valence-corrected chi connectivity index (χ1v) is 9.83. The summed E-state index contributed by atoms with van der Waals surface area (Å²) in [6.45, 7) is 10.4. The first kappa shape index (κ1) is 20.4. The lowest BCUT2D eigenvalue weighted by Gasteiger charge is -2.20. The molecule has 0 aliphatic rings. The van der Waals surface area contributed by atoms with Crippen LogP contribution in [0.2, 0.25) is 0 Å². The molecule has 1 N–H and O–H groups in total. The molecule has 0 saturated heterocycles. The van der Waals surface area contributed by atoms with Crippen molar-refractivity contribution in [2.45, 2.75) is 45.9 Å². The number of anilines is 1. The molecule has 6 nitrogen and oxygen atoms in total. The van der Waals surface area contributed by atoms with E-state index in [1.54, 1.807) is 19.9 Å². The monoisotopic (exact) mass is 356 g/mol. The van der Waals surface area contributed by atoms with Gasteiger partial charge in [-0.25, -0.2) is 8.42 Å². The SMILES string of the molecule is CCOc1ccc(S(=O)(=O)N(CC)CC)cc1NC(=O)[C@H](C)CC. The zero-order valence-corrected chi connectivity index (χ0v) is 15.9. The topological polar surface area (TPSA) is 75.7 Å². The summed E-state index contributed by atoms with van der Waals surface area (Å²) >= 11 is 0. The summed E-state index contributed by atoms with van der Waals surface area (Å²) in [6, 6.07) is 4.57. The molecule has 1 amide bonds. The normalized spacial score (nSPS) is 12.9. The van der Waals surface area contributed by atoms with Gasteiger partial charge in [-0.15, -0.1) is 0 Å². The van der Waals surface area contributed by atoms with E-state index >= 15 is 0 Å². The smallest absolute Gasteiger partial charge is 0.243 e. The summed E-state index contributed by atoms with van der Waals surface area (Å²) in [5, 5.41) is 2.79. The van der Waals surface area contributed by atoms with Gasteiger partial charge in [0.25, 0.3) is 0 Å². The average Bonchev–Trinajstić information content (AvgIpc) is 2.56. The quantitative estimate of drug-likeness (QED) is 0.738. The van der Waals surface area contributed by atoms with Gasteiger partial charge in [-0.05, 0) is 31.5 Å². The Kier molecular flexibility index (Phi) is 7.69. The summed E-state index contributed by atoms with van der Waals surface area (Å²) in [5.41, 5.74) is 0.385. The van der Waals surface area contributed by atoms with Crippen LogP contribution in [-0.2, 0) is 14.8 Å². The summed E-state index contributed by atoms with van der Waals surface area (Å²) in [6.07, 6.45) is 0.702. The Morgan fingerprint density at radius 2 is 1.83 bits per heavy atom. The molecule has 0 heterocycles. The highest BCUT2D eigenvalue weighted by atomic mass is 32.2. The molecule has 7 heteroatoms. The lowest BCUT2D eigenvalue weighted by molar-refractivity contribution is -0.119. The molecule has 0 unspecified atom stereocenters. The number of hydrogen-bond donors (Lipinski definition) is 1. The van der Waals surface area contributed by atoms with E-state index in [-0.39, 0.29) is 16.7 Å². The molecule has 0 fully saturated rings. The molecule has 0 bridgehead atoms. The van der Waals surface area contributed by atoms with Gasteiger partial charge in [0.1, 0.15) is 5.75 Å². The van der Waals surface area contributed by atoms with E-state index in [9.17, 15) is 13.2 Å². The second-order valence-corrected chi connectivity index (χ2v) is 7.42. The fourth-order valence-electron chi connectivity index (χ4n) is 2.20. The Morgan fingerprint density at radius 3 is 2.33 bits per heavy atom. The molecule has 1 rings (SSSR count). The molecule has 0 radical (unpaired) electrons. The van der Waals surface area contributed by atoms with E-state index in [0.29, 0.717) is 37.6 Å². The van der Waals surface area contributed by atoms with Gasteiger partial charge in [0.2, 0.25) is 15.9 Å². The van der Waals surface area contributed by atoms with Crippen LogP contribution in [0.1, 0.15) is 41.0 Å². The first-order chi connectivity index (χ1) is 11.3. The van der Waals surface area contributed by atoms with Crippen LogP contribution in [0, 0.1) is 5.92 Å². The van der Waals surface area contributed by atoms with Gasteiger partial charge >= 0.3 is 0 Å². The fraction of sp³-hybridized carbons (Fsp3) is 0.588. The van der Waals surface area contributed by atoms with Gasteiger partial charge in [0.15, 0.2) is 0 Å². The maximum Gasteiger partial charge on any atom is 0.243 e. The number of ether oxygens (including phenoxy) is 1. The van der Waals surface area contributed by atoms with E-state index in [0.717, 1.165) is 0 Å². The number of nitrogens with zero attached hydrogens (tertiary/aromatic N) is 1. The second-order valence-electron chi connectivity index (χ2n) is 5.48. The molecule has 0 aromatic heterocycles. The number of nitrogens with one attached hydrogen (secondary N) is 1. The molecule has 136 valence electrons. The number of carbonyl (C=O) groups excluding carboxylic acids is 1. The summed E-state index contributed by atoms with van der Waals surface area (Å²) in [5.74, 6) is 0.144. The predicted molar refractivity (Wildman–Crippen MR) is 95.8 cm³/mol. The van der Waals surface area contributed by atoms with Gasteiger partial charge in [-0.1, -0.05) is 27.7 Å². The van der Waals surface area contributed by atoms with E-state index < -0.39 is 10.0 Å². The van der Waals surface area contributed by atoms with Crippen molar-refractivity contribution in [1.82, 2.24) is 4.31 Å². The van der Waals surface area contributed by atoms with Crippen molar-refractivity contribution in [3.05, 3.63) is 18.2 Å². The Labute approximate surface area is 145 Å². The largest absolute Gasteiger partial charge is 0.492 e. The summed E-state index contributed by atoms with van der Waals surface area (Å²) in [4.78, 5) is 12.3. The Morgan fingerprint density at radius 1 is 1.21 bits per heavy atom. The fourth-order valence-corrected chi connectivity index (χ4v) is 3.69. The number of amides is 1. The molecule has 0 spiro atoms. The third-order valence-electron chi connectivity index (χ3n) is 3.91. The molecule has 24 heavy (non-hydrogen) atoms. The standard InChI is InChI=1S/C17H28N2O4S/c1-6-13(5)17(20)18-15-12-14(10-11-16(15)23-9-4)24(21,22)19(7-2)8-3/h10-13H,6-9H2,1-5H3,(H,18,20)/t13-/m1/s1. The van der Waals surface area contributed by atoms with Gasteiger partial charge in [-0.2, -0.15) is 4.31 Å². The number of sulfonamides is 1. The number of carbonyl (C=O) groups is 1. The molecule has 1 aromatic rings. The minimum Gasteiger partial charge on any atom is -0.492 e. The number of benzene rings is 1. The van der Waals surface area contributed by atoms with Crippen molar-refractivity contribution in [1.29, 1.82) is 0 Å². The van der Waals surface area contributed by atoms with Crippen molar-refractivity contribution >= 4 is 21.6 Å². The Balaban J connectivity index is 3.28. The lowest BCUT2D eigenvalue weighted by Crippen LogP contribution is -2.30. The third kappa shape index (κ3) is 4.70. The molecule has 0 aliphatic carbocycles. The minimum absolute atomic E-state index is 0.147. The highest BCUT2D eigenvalue weighted by Crippen LogP contribution is 2.29. The van der Waals surface area contributed by atoms with Crippen LogP contribution in [-0.4, -0.2) is 38.3 Å². The van der Waals surface area contributed by atoms with Crippen LogP contribution >= 0.6 is 0 Å². The van der Waals surface area contributed by atoms with Crippen molar-refractivity contribution in [3.8, 4) is 5.75 Å². The van der Waals surface area contributed by atoms with Crippen LogP contribution in [0.4, 0.5) is 5.69 Å². The zero-order chi connectivity index (χ0) is 18.3. The highest BCUT2D eigenvalue weighted by molar-refractivity contribution is 7.89. The molecule has 1 aromatic carbocycles. The molecular weight excluding hydrogens is 328 g/mol. The average molecular weight is 356 g/mol. The van der Waals surface area contributed by atoms with E-state index in [1.807, 2.05) is 20.8 Å². The predicted octanol–water partition coefficient (Wildman–Crippen LogP) is 3.10. The molecule has 0 aliphatic heterocycles. The minimum atomic E-state index is -3.59. The van der Waals surface area contributed by atoms with Gasteiger partial charge < -0.3 is 10.1 Å². The van der Waals surface area contributed by atoms with Gasteiger partial charge in [-0.3, -0.25) is 4.79 Å². The van der Waals surface area contributed by atoms with Crippen LogP contribution in [0.5, 0.6) is 5.75 Å². The van der Waals surface area contributed by atoms with E-state index in [1.165, 1.54) is 16.4 Å². The third-order valence-corrected chi connectivity index (χ3v) is 5.96. The highest BCUT2D eigenvalue weighted by Gasteiger charge is 2.23. The van der Waals surface area contributed by atoms with Crippen molar-refractivity contribution < 1.29 is 17.9 Å². The van der Waals surface area contributed by atoms with Crippen molar-refractivity contribution in [3.63, 3.8) is 0 Å². The summed E-state index contributed by atoms with van der Waals surface area (Å²) in [7, 11) is -3.59. The van der Waals surface area contributed by atoms with Gasteiger partial charge in [0, 0.05) is 19.0 Å². The maximum atomic E-state index is 12.7. The Bertz CT molecular complexity index is 655. The van der Waals surface area contributed by atoms with Crippen LogP contribution in [0.15, 0.2) is 23.1 Å². The van der Waals surface area contributed by atoms with Gasteiger partial charge in [0.05, 0.1) is 17.2 Å².